The summed E-state index contributed by atoms with van der Waals surface area (Å²) in [6, 6.07) is 17.4. The maximum Gasteiger partial charge on any atom is 0.337 e. The van der Waals surface area contributed by atoms with E-state index in [0.29, 0.717) is 27.9 Å². The summed E-state index contributed by atoms with van der Waals surface area (Å²) in [6.07, 6.45) is 0. The van der Waals surface area contributed by atoms with E-state index in [1.54, 1.807) is 36.4 Å². The van der Waals surface area contributed by atoms with Crippen molar-refractivity contribution in [3.63, 3.8) is 0 Å². The summed E-state index contributed by atoms with van der Waals surface area (Å²) < 4.78 is 15.8. The highest BCUT2D eigenvalue weighted by Gasteiger charge is 2.09. The molecule has 3 aromatic rings. The lowest BCUT2D eigenvalue weighted by Crippen LogP contribution is -2.28. The molecule has 0 saturated heterocycles. The van der Waals surface area contributed by atoms with Crippen LogP contribution in [0.5, 0.6) is 5.75 Å². The van der Waals surface area contributed by atoms with Crippen LogP contribution in [-0.2, 0) is 16.1 Å². The zero-order valence-corrected chi connectivity index (χ0v) is 15.9. The van der Waals surface area contributed by atoms with Crippen LogP contribution in [0, 0.1) is 0 Å². The number of methoxy groups -OCH3 is 1. The number of benzene rings is 2. The normalized spacial score (nSPS) is 10.4. The summed E-state index contributed by atoms with van der Waals surface area (Å²) in [5.74, 6) is 0.931. The highest BCUT2D eigenvalue weighted by atomic mass is 35.5. The molecule has 0 spiro atoms. The van der Waals surface area contributed by atoms with E-state index in [2.05, 4.69) is 10.1 Å². The van der Waals surface area contributed by atoms with Gasteiger partial charge >= 0.3 is 5.97 Å². The maximum absolute atomic E-state index is 12.0. The predicted octanol–water partition coefficient (Wildman–Crippen LogP) is 4.08. The highest BCUT2D eigenvalue weighted by molar-refractivity contribution is 6.30. The number of hydrogen-bond acceptors (Lipinski definition) is 5. The zero-order chi connectivity index (χ0) is 19.9. The Labute approximate surface area is 167 Å². The molecule has 1 aromatic heterocycles. The summed E-state index contributed by atoms with van der Waals surface area (Å²) >= 11 is 5.88. The Morgan fingerprint density at radius 1 is 1.07 bits per heavy atom. The van der Waals surface area contributed by atoms with Crippen LogP contribution in [0.25, 0.3) is 11.3 Å². The Balaban J connectivity index is 1.50. The van der Waals surface area contributed by atoms with Gasteiger partial charge in [-0.2, -0.15) is 0 Å². The van der Waals surface area contributed by atoms with Crippen LogP contribution in [0.3, 0.4) is 0 Å². The minimum Gasteiger partial charge on any atom is -0.484 e. The number of ether oxygens (including phenoxy) is 2. The van der Waals surface area contributed by atoms with Crippen molar-refractivity contribution in [3.05, 3.63) is 77.0 Å². The smallest absolute Gasteiger partial charge is 0.337 e. The van der Waals surface area contributed by atoms with Gasteiger partial charge in [0, 0.05) is 10.6 Å². The summed E-state index contributed by atoms with van der Waals surface area (Å²) in [5.41, 5.74) is 1.25. The van der Waals surface area contributed by atoms with Crippen molar-refractivity contribution in [3.8, 4) is 17.1 Å². The fraction of sp³-hybridized carbons (Fsp3) is 0.143. The van der Waals surface area contributed by atoms with Gasteiger partial charge in [0.15, 0.2) is 6.61 Å². The number of carbonyl (C=O) groups is 2. The van der Waals surface area contributed by atoms with Crippen molar-refractivity contribution in [2.75, 3.05) is 13.7 Å². The number of hydrogen-bond donors (Lipinski definition) is 1. The van der Waals surface area contributed by atoms with Gasteiger partial charge in [0.05, 0.1) is 19.2 Å². The maximum atomic E-state index is 12.0. The van der Waals surface area contributed by atoms with Crippen LogP contribution in [0.1, 0.15) is 16.1 Å². The quantitative estimate of drug-likeness (QED) is 0.605. The summed E-state index contributed by atoms with van der Waals surface area (Å²) in [7, 11) is 1.30. The molecule has 2 aromatic carbocycles. The number of rotatable bonds is 7. The van der Waals surface area contributed by atoms with E-state index in [-0.39, 0.29) is 19.1 Å². The third-order valence-electron chi connectivity index (χ3n) is 3.88. The molecular weight excluding hydrogens is 382 g/mol. The number of amides is 1. The topological polar surface area (TPSA) is 77.8 Å². The number of halogens is 1. The first-order chi connectivity index (χ1) is 13.5. The number of furan rings is 1. The molecular formula is C21H18ClNO5. The summed E-state index contributed by atoms with van der Waals surface area (Å²) in [5, 5.41) is 3.37. The lowest BCUT2D eigenvalue weighted by molar-refractivity contribution is -0.123. The van der Waals surface area contributed by atoms with Crippen molar-refractivity contribution in [2.45, 2.75) is 6.54 Å². The SMILES string of the molecule is COC(=O)c1cccc(OCC(=O)NCc2ccc(-c3ccc(Cl)cc3)o2)c1. The summed E-state index contributed by atoms with van der Waals surface area (Å²) in [6.45, 7) is 0.0490. The van der Waals surface area contributed by atoms with E-state index in [1.807, 2.05) is 18.2 Å². The Morgan fingerprint density at radius 3 is 2.61 bits per heavy atom. The lowest BCUT2D eigenvalue weighted by atomic mass is 10.2. The van der Waals surface area contributed by atoms with E-state index < -0.39 is 5.97 Å². The van der Waals surface area contributed by atoms with Crippen LogP contribution in [-0.4, -0.2) is 25.6 Å². The van der Waals surface area contributed by atoms with Gasteiger partial charge < -0.3 is 19.2 Å². The van der Waals surface area contributed by atoms with E-state index in [1.165, 1.54) is 13.2 Å². The molecule has 28 heavy (non-hydrogen) atoms. The molecule has 0 radical (unpaired) electrons. The first-order valence-electron chi connectivity index (χ1n) is 8.47. The first kappa shape index (κ1) is 19.5. The molecule has 0 bridgehead atoms. The van der Waals surface area contributed by atoms with Gasteiger partial charge in [-0.3, -0.25) is 4.79 Å². The third kappa shape index (κ3) is 5.14. The number of esters is 1. The molecule has 0 unspecified atom stereocenters. The van der Waals surface area contributed by atoms with Crippen LogP contribution in [0.15, 0.2) is 65.1 Å². The minimum absolute atomic E-state index is 0.185. The molecule has 1 amide bonds. The van der Waals surface area contributed by atoms with Crippen molar-refractivity contribution in [1.29, 1.82) is 0 Å². The molecule has 0 aliphatic carbocycles. The highest BCUT2D eigenvalue weighted by Crippen LogP contribution is 2.23. The monoisotopic (exact) mass is 399 g/mol. The average molecular weight is 400 g/mol. The van der Waals surface area contributed by atoms with E-state index in [9.17, 15) is 9.59 Å². The van der Waals surface area contributed by atoms with E-state index >= 15 is 0 Å². The second-order valence-corrected chi connectivity index (χ2v) is 6.29. The summed E-state index contributed by atoms with van der Waals surface area (Å²) in [4.78, 5) is 23.5. The Morgan fingerprint density at radius 2 is 1.86 bits per heavy atom. The van der Waals surface area contributed by atoms with Crippen LogP contribution >= 0.6 is 11.6 Å². The molecule has 7 heteroatoms. The predicted molar refractivity (Wildman–Crippen MR) is 104 cm³/mol. The molecule has 1 N–H and O–H groups in total. The lowest BCUT2D eigenvalue weighted by Gasteiger charge is -2.07. The van der Waals surface area contributed by atoms with Gasteiger partial charge in [0.2, 0.25) is 0 Å². The van der Waals surface area contributed by atoms with E-state index in [4.69, 9.17) is 20.8 Å². The molecule has 0 fully saturated rings. The van der Waals surface area contributed by atoms with Crippen LogP contribution in [0.2, 0.25) is 5.02 Å². The molecule has 0 aliphatic rings. The Kier molecular flexibility index (Phi) is 6.34. The van der Waals surface area contributed by atoms with Gasteiger partial charge in [-0.25, -0.2) is 4.79 Å². The second kappa shape index (κ2) is 9.10. The van der Waals surface area contributed by atoms with E-state index in [0.717, 1.165) is 5.56 Å². The zero-order valence-electron chi connectivity index (χ0n) is 15.1. The fourth-order valence-corrected chi connectivity index (χ4v) is 2.58. The fourth-order valence-electron chi connectivity index (χ4n) is 2.46. The molecule has 0 saturated carbocycles. The first-order valence-corrected chi connectivity index (χ1v) is 8.85. The largest absolute Gasteiger partial charge is 0.484 e. The van der Waals surface area contributed by atoms with Gasteiger partial charge in [0.1, 0.15) is 17.3 Å². The van der Waals surface area contributed by atoms with Crippen molar-refractivity contribution < 1.29 is 23.5 Å². The minimum atomic E-state index is -0.468. The Bertz CT molecular complexity index is 965. The van der Waals surface area contributed by atoms with Crippen LogP contribution in [0.4, 0.5) is 0 Å². The van der Waals surface area contributed by atoms with Gasteiger partial charge in [-0.05, 0) is 54.6 Å². The van der Waals surface area contributed by atoms with Crippen LogP contribution < -0.4 is 10.1 Å². The molecule has 0 aliphatic heterocycles. The molecule has 144 valence electrons. The number of carbonyl (C=O) groups excluding carboxylic acids is 2. The standard InChI is InChI=1S/C21H18ClNO5/c1-26-21(25)15-3-2-4-17(11-15)27-13-20(24)23-12-18-9-10-19(28-18)14-5-7-16(22)8-6-14/h2-11H,12-13H2,1H3,(H,23,24). The average Bonchev–Trinajstić information content (AvgIpc) is 3.20. The molecule has 3 rings (SSSR count). The molecule has 0 atom stereocenters. The van der Waals surface area contributed by atoms with Crippen molar-refractivity contribution in [2.24, 2.45) is 0 Å². The van der Waals surface area contributed by atoms with Gasteiger partial charge in [-0.1, -0.05) is 17.7 Å². The third-order valence-corrected chi connectivity index (χ3v) is 4.13. The second-order valence-electron chi connectivity index (χ2n) is 5.86. The number of nitrogens with one attached hydrogen (secondary N) is 1. The molecule has 6 nitrogen and oxygen atoms in total. The Hall–Kier alpha value is -3.25. The van der Waals surface area contributed by atoms with Gasteiger partial charge in [-0.15, -0.1) is 0 Å². The molecule has 1 heterocycles. The van der Waals surface area contributed by atoms with Crippen molar-refractivity contribution in [1.82, 2.24) is 5.32 Å². The van der Waals surface area contributed by atoms with Gasteiger partial charge in [0.25, 0.3) is 5.91 Å². The van der Waals surface area contributed by atoms with Crippen molar-refractivity contribution >= 4 is 23.5 Å².